The van der Waals surface area contributed by atoms with Crippen LogP contribution in [0.1, 0.15) is 23.6 Å². The van der Waals surface area contributed by atoms with Gasteiger partial charge in [-0.1, -0.05) is 91.0 Å². The van der Waals surface area contributed by atoms with Crippen molar-refractivity contribution in [2.24, 2.45) is 0 Å². The molecule has 0 spiro atoms. The summed E-state index contributed by atoms with van der Waals surface area (Å²) in [6.07, 6.45) is -3.34. The van der Waals surface area contributed by atoms with Crippen molar-refractivity contribution in [1.29, 1.82) is 0 Å². The minimum absolute atomic E-state index is 0.174. The first-order valence-electron chi connectivity index (χ1n) is 12.1. The van der Waals surface area contributed by atoms with E-state index in [9.17, 15) is 9.90 Å². The summed E-state index contributed by atoms with van der Waals surface area (Å²) in [5, 5.41) is 13.8. The highest BCUT2D eigenvalue weighted by atomic mass is 16.7. The third kappa shape index (κ3) is 7.46. The van der Waals surface area contributed by atoms with Crippen LogP contribution in [0.5, 0.6) is 0 Å². The molecular weight excluding hydrogens is 458 g/mol. The molecule has 1 heterocycles. The van der Waals surface area contributed by atoms with Gasteiger partial charge in [-0.3, -0.25) is 4.79 Å². The Morgan fingerprint density at radius 2 is 1.25 bits per heavy atom. The lowest BCUT2D eigenvalue weighted by Crippen LogP contribution is -2.65. The Kier molecular flexibility index (Phi) is 9.61. The van der Waals surface area contributed by atoms with Crippen LogP contribution in [0.3, 0.4) is 0 Å². The maximum absolute atomic E-state index is 12.2. The molecule has 1 aliphatic rings. The van der Waals surface area contributed by atoms with Crippen LogP contribution < -0.4 is 5.32 Å². The summed E-state index contributed by atoms with van der Waals surface area (Å²) in [6.45, 7) is 2.56. The van der Waals surface area contributed by atoms with Gasteiger partial charge in [-0.15, -0.1) is 0 Å². The predicted octanol–water partition coefficient (Wildman–Crippen LogP) is 3.60. The number of aliphatic hydroxyl groups excluding tert-OH is 1. The topological polar surface area (TPSA) is 86.3 Å². The van der Waals surface area contributed by atoms with Crippen LogP contribution in [0.25, 0.3) is 0 Å². The molecule has 7 heteroatoms. The van der Waals surface area contributed by atoms with Gasteiger partial charge in [0.05, 0.1) is 32.5 Å². The molecule has 0 aromatic heterocycles. The molecule has 1 unspecified atom stereocenters. The maximum Gasteiger partial charge on any atom is 0.217 e. The number of ether oxygens (including phenoxy) is 4. The van der Waals surface area contributed by atoms with Crippen molar-refractivity contribution in [2.45, 2.75) is 57.4 Å². The summed E-state index contributed by atoms with van der Waals surface area (Å²) in [6, 6.07) is 28.6. The van der Waals surface area contributed by atoms with Crippen LogP contribution in [0, 0.1) is 0 Å². The first-order valence-corrected chi connectivity index (χ1v) is 12.1. The van der Waals surface area contributed by atoms with Gasteiger partial charge in [0.1, 0.15) is 18.3 Å². The van der Waals surface area contributed by atoms with Gasteiger partial charge in [0.2, 0.25) is 5.91 Å². The van der Waals surface area contributed by atoms with Crippen molar-refractivity contribution < 1.29 is 28.8 Å². The van der Waals surface area contributed by atoms with Crippen molar-refractivity contribution in [3.63, 3.8) is 0 Å². The molecule has 0 saturated carbocycles. The Morgan fingerprint density at radius 1 is 0.778 bits per heavy atom. The van der Waals surface area contributed by atoms with Crippen LogP contribution in [0.2, 0.25) is 0 Å². The highest BCUT2D eigenvalue weighted by molar-refractivity contribution is 5.73. The van der Waals surface area contributed by atoms with Crippen LogP contribution in [-0.4, -0.2) is 48.3 Å². The molecule has 1 aliphatic heterocycles. The second kappa shape index (κ2) is 13.3. The van der Waals surface area contributed by atoms with E-state index < -0.39 is 30.6 Å². The standard InChI is InChI=1S/C29H33NO6/c1-21(31)30-26-27(34-18-23-13-7-3-8-14-23)25(20-33-17-22-11-5-2-6-12-22)36-29(32)28(26)35-19-24-15-9-4-10-16-24/h2-16,25-29,32H,17-20H2,1H3,(H,30,31)/t25-,26+,27+,28-,29?/m1/s1. The molecular formula is C29H33NO6. The molecule has 0 aliphatic carbocycles. The molecule has 2 N–H and O–H groups in total. The van der Waals surface area contributed by atoms with Crippen molar-refractivity contribution in [3.05, 3.63) is 108 Å². The highest BCUT2D eigenvalue weighted by Gasteiger charge is 2.47. The number of amides is 1. The lowest BCUT2D eigenvalue weighted by Gasteiger charge is -2.44. The molecule has 3 aromatic rings. The third-order valence-electron chi connectivity index (χ3n) is 6.00. The van der Waals surface area contributed by atoms with Crippen LogP contribution in [-0.2, 0) is 43.6 Å². The van der Waals surface area contributed by atoms with Crippen LogP contribution >= 0.6 is 0 Å². The number of nitrogens with one attached hydrogen (secondary N) is 1. The quantitative estimate of drug-likeness (QED) is 0.426. The normalized spacial score (nSPS) is 23.8. The maximum atomic E-state index is 12.2. The highest BCUT2D eigenvalue weighted by Crippen LogP contribution is 2.27. The Morgan fingerprint density at radius 3 is 1.75 bits per heavy atom. The number of carbonyl (C=O) groups is 1. The van der Waals surface area contributed by atoms with E-state index in [4.69, 9.17) is 18.9 Å². The van der Waals surface area contributed by atoms with Crippen molar-refractivity contribution in [2.75, 3.05) is 6.61 Å². The molecule has 36 heavy (non-hydrogen) atoms. The fourth-order valence-electron chi connectivity index (χ4n) is 4.26. The zero-order valence-electron chi connectivity index (χ0n) is 20.4. The van der Waals surface area contributed by atoms with Gasteiger partial charge in [-0.25, -0.2) is 0 Å². The molecule has 3 aromatic carbocycles. The van der Waals surface area contributed by atoms with Crippen LogP contribution in [0.4, 0.5) is 0 Å². The molecule has 1 fully saturated rings. The Labute approximate surface area is 212 Å². The van der Waals surface area contributed by atoms with E-state index >= 15 is 0 Å². The first kappa shape index (κ1) is 26.0. The number of aliphatic hydroxyl groups is 1. The van der Waals surface area contributed by atoms with Gasteiger partial charge >= 0.3 is 0 Å². The van der Waals surface area contributed by atoms with Crippen molar-refractivity contribution >= 4 is 5.91 Å². The van der Waals surface area contributed by atoms with Gasteiger partial charge in [0, 0.05) is 6.92 Å². The summed E-state index contributed by atoms with van der Waals surface area (Å²) in [5.41, 5.74) is 2.95. The Balaban J connectivity index is 1.51. The molecule has 0 bridgehead atoms. The van der Waals surface area contributed by atoms with Gasteiger partial charge in [0.15, 0.2) is 6.29 Å². The zero-order valence-corrected chi connectivity index (χ0v) is 20.4. The summed E-state index contributed by atoms with van der Waals surface area (Å²) in [5.74, 6) is -0.250. The summed E-state index contributed by atoms with van der Waals surface area (Å²) >= 11 is 0. The SMILES string of the molecule is CC(=O)N[C@H]1[C@@H](OCc2ccccc2)[C@@H](COCc2ccccc2)OC(O)[C@@H]1OCc1ccccc1. The molecule has 1 amide bonds. The minimum atomic E-state index is -1.27. The number of hydrogen-bond acceptors (Lipinski definition) is 6. The summed E-state index contributed by atoms with van der Waals surface area (Å²) in [4.78, 5) is 12.2. The zero-order chi connectivity index (χ0) is 25.2. The van der Waals surface area contributed by atoms with E-state index in [1.807, 2.05) is 91.0 Å². The van der Waals surface area contributed by atoms with E-state index in [-0.39, 0.29) is 19.1 Å². The first-order chi connectivity index (χ1) is 17.6. The van der Waals surface area contributed by atoms with Gasteiger partial charge in [-0.05, 0) is 16.7 Å². The third-order valence-corrected chi connectivity index (χ3v) is 6.00. The largest absolute Gasteiger partial charge is 0.374 e. The molecule has 0 radical (unpaired) electrons. The average molecular weight is 492 g/mol. The monoisotopic (exact) mass is 491 g/mol. The lowest BCUT2D eigenvalue weighted by molar-refractivity contribution is -0.284. The summed E-state index contributed by atoms with van der Waals surface area (Å²) < 4.78 is 24.3. The molecule has 7 nitrogen and oxygen atoms in total. The Bertz CT molecular complexity index is 1050. The fourth-order valence-corrected chi connectivity index (χ4v) is 4.26. The molecule has 1 saturated heterocycles. The van der Waals surface area contributed by atoms with E-state index in [1.54, 1.807) is 0 Å². The fraction of sp³-hybridized carbons (Fsp3) is 0.345. The molecule has 4 rings (SSSR count). The molecule has 5 atom stereocenters. The molecule has 190 valence electrons. The van der Waals surface area contributed by atoms with E-state index in [1.165, 1.54) is 6.92 Å². The number of carbonyl (C=O) groups excluding carboxylic acids is 1. The predicted molar refractivity (Wildman–Crippen MR) is 135 cm³/mol. The van der Waals surface area contributed by atoms with Gasteiger partial charge in [0.25, 0.3) is 0 Å². The smallest absolute Gasteiger partial charge is 0.217 e. The average Bonchev–Trinajstić information content (AvgIpc) is 2.89. The number of benzene rings is 3. The van der Waals surface area contributed by atoms with E-state index in [0.29, 0.717) is 13.2 Å². The van der Waals surface area contributed by atoms with Crippen molar-refractivity contribution in [1.82, 2.24) is 5.32 Å². The number of hydrogen-bond donors (Lipinski definition) is 2. The van der Waals surface area contributed by atoms with Gasteiger partial charge < -0.3 is 29.4 Å². The van der Waals surface area contributed by atoms with Crippen molar-refractivity contribution in [3.8, 4) is 0 Å². The minimum Gasteiger partial charge on any atom is -0.374 e. The van der Waals surface area contributed by atoms with E-state index in [0.717, 1.165) is 16.7 Å². The number of rotatable bonds is 11. The Hall–Kier alpha value is -3.07. The van der Waals surface area contributed by atoms with Crippen LogP contribution in [0.15, 0.2) is 91.0 Å². The van der Waals surface area contributed by atoms with E-state index in [2.05, 4.69) is 5.32 Å². The van der Waals surface area contributed by atoms with Gasteiger partial charge in [-0.2, -0.15) is 0 Å². The summed E-state index contributed by atoms with van der Waals surface area (Å²) in [7, 11) is 0. The second-order valence-corrected chi connectivity index (χ2v) is 8.81. The lowest BCUT2D eigenvalue weighted by atomic mass is 9.95. The second-order valence-electron chi connectivity index (χ2n) is 8.81.